The Labute approximate surface area is 206 Å². The average molecular weight is 526 g/mol. The summed E-state index contributed by atoms with van der Waals surface area (Å²) in [4.78, 5) is 18.2. The number of rotatable bonds is 8. The van der Waals surface area contributed by atoms with E-state index in [9.17, 15) is 13.2 Å². The molecule has 9 nitrogen and oxygen atoms in total. The van der Waals surface area contributed by atoms with Gasteiger partial charge in [0.1, 0.15) is 4.21 Å². The number of carbonyl (C=O) groups excluding carboxylic acids is 1. The number of thiazole rings is 1. The number of hydrogen-bond donors (Lipinski definition) is 0. The van der Waals surface area contributed by atoms with Gasteiger partial charge < -0.3 is 18.8 Å². The predicted octanol–water partition coefficient (Wildman–Crippen LogP) is 2.96. The molecule has 12 heteroatoms. The molecule has 1 unspecified atom stereocenters. The van der Waals surface area contributed by atoms with Gasteiger partial charge in [-0.1, -0.05) is 17.4 Å². The highest BCUT2D eigenvalue weighted by molar-refractivity contribution is 7.91. The van der Waals surface area contributed by atoms with Gasteiger partial charge in [-0.2, -0.15) is 9.30 Å². The molecule has 1 atom stereocenters. The summed E-state index contributed by atoms with van der Waals surface area (Å²) in [6.07, 6.45) is 1.21. The fraction of sp³-hybridized carbons (Fsp3) is 0.455. The smallest absolute Gasteiger partial charge is 0.252 e. The van der Waals surface area contributed by atoms with Crippen molar-refractivity contribution in [3.63, 3.8) is 0 Å². The Morgan fingerprint density at radius 2 is 1.97 bits per heavy atom. The van der Waals surface area contributed by atoms with Crippen LogP contribution in [0.2, 0.25) is 0 Å². The minimum atomic E-state index is -3.60. The Hall–Kier alpha value is -2.25. The Balaban J connectivity index is 1.67. The molecular formula is C22H27N3O6S3. The summed E-state index contributed by atoms with van der Waals surface area (Å²) < 4.78 is 46.5. The van der Waals surface area contributed by atoms with E-state index >= 15 is 0 Å². The van der Waals surface area contributed by atoms with E-state index in [4.69, 9.17) is 14.2 Å². The summed E-state index contributed by atoms with van der Waals surface area (Å²) in [7, 11) is 1.16. The zero-order valence-corrected chi connectivity index (χ0v) is 21.7. The molecule has 1 aromatic carbocycles. The first-order valence-corrected chi connectivity index (χ1v) is 13.9. The molecule has 1 amide bonds. The molecule has 2 aromatic heterocycles. The highest BCUT2D eigenvalue weighted by Crippen LogP contribution is 2.33. The van der Waals surface area contributed by atoms with Gasteiger partial charge in [0.15, 0.2) is 16.3 Å². The van der Waals surface area contributed by atoms with Crippen molar-refractivity contribution in [1.82, 2.24) is 8.87 Å². The SMILES string of the molecule is COCCn1c(=NC(=O)C2CCCN(S(=O)(=O)c3cccs3)C2)sc2cc(OC)c(OC)cc21. The number of sulfonamides is 1. The molecule has 0 spiro atoms. The zero-order chi connectivity index (χ0) is 24.3. The molecule has 1 saturated heterocycles. The van der Waals surface area contributed by atoms with E-state index in [-0.39, 0.29) is 12.5 Å². The first-order chi connectivity index (χ1) is 16.4. The molecule has 34 heavy (non-hydrogen) atoms. The molecule has 3 heterocycles. The van der Waals surface area contributed by atoms with Crippen LogP contribution in [0, 0.1) is 5.92 Å². The van der Waals surface area contributed by atoms with E-state index in [1.165, 1.54) is 27.0 Å². The standard InChI is InChI=1S/C22H27N3O6S3/c1-29-10-9-25-16-12-17(30-2)18(31-3)13-19(16)33-22(25)23-21(26)15-6-4-8-24(14-15)34(27,28)20-7-5-11-32-20/h5,7,11-13,15H,4,6,8-10,14H2,1-3H3. The largest absolute Gasteiger partial charge is 0.493 e. The van der Waals surface area contributed by atoms with Gasteiger partial charge in [-0.15, -0.1) is 11.3 Å². The molecule has 0 aliphatic carbocycles. The predicted molar refractivity (Wildman–Crippen MR) is 131 cm³/mol. The van der Waals surface area contributed by atoms with Crippen LogP contribution in [0.25, 0.3) is 10.2 Å². The van der Waals surface area contributed by atoms with E-state index in [2.05, 4.69) is 4.99 Å². The molecule has 4 rings (SSSR count). The molecule has 0 saturated carbocycles. The van der Waals surface area contributed by atoms with Gasteiger partial charge in [-0.25, -0.2) is 8.42 Å². The van der Waals surface area contributed by atoms with Gasteiger partial charge in [0.05, 0.1) is 37.0 Å². The van der Waals surface area contributed by atoms with Crippen LogP contribution in [0.1, 0.15) is 12.8 Å². The first-order valence-electron chi connectivity index (χ1n) is 10.8. The second-order valence-electron chi connectivity index (χ2n) is 7.79. The van der Waals surface area contributed by atoms with Crippen LogP contribution < -0.4 is 14.3 Å². The highest BCUT2D eigenvalue weighted by Gasteiger charge is 2.33. The summed E-state index contributed by atoms with van der Waals surface area (Å²) in [5, 5.41) is 1.74. The minimum Gasteiger partial charge on any atom is -0.493 e. The fourth-order valence-corrected chi connectivity index (χ4v) is 7.71. The minimum absolute atomic E-state index is 0.132. The maximum absolute atomic E-state index is 13.2. The molecule has 0 radical (unpaired) electrons. The molecule has 184 valence electrons. The van der Waals surface area contributed by atoms with E-state index in [1.807, 2.05) is 16.7 Å². The number of methoxy groups -OCH3 is 3. The number of benzene rings is 1. The van der Waals surface area contributed by atoms with E-state index in [0.29, 0.717) is 53.0 Å². The number of piperidine rings is 1. The average Bonchev–Trinajstić information content (AvgIpc) is 3.50. The number of hydrogen-bond acceptors (Lipinski definition) is 8. The molecule has 1 aliphatic rings. The third-order valence-electron chi connectivity index (χ3n) is 5.74. The van der Waals surface area contributed by atoms with Crippen molar-refractivity contribution in [2.24, 2.45) is 10.9 Å². The van der Waals surface area contributed by atoms with Gasteiger partial charge >= 0.3 is 0 Å². The third kappa shape index (κ3) is 4.91. The Morgan fingerprint density at radius 3 is 2.65 bits per heavy atom. The van der Waals surface area contributed by atoms with Crippen molar-refractivity contribution in [3.05, 3.63) is 34.4 Å². The quantitative estimate of drug-likeness (QED) is 0.448. The normalized spacial score (nSPS) is 17.9. The van der Waals surface area contributed by atoms with Crippen LogP contribution in [0.3, 0.4) is 0 Å². The molecule has 1 fully saturated rings. The second-order valence-corrected chi connectivity index (χ2v) is 11.9. The summed E-state index contributed by atoms with van der Waals surface area (Å²) >= 11 is 2.56. The van der Waals surface area contributed by atoms with Crippen LogP contribution in [-0.4, -0.2) is 64.2 Å². The Morgan fingerprint density at radius 1 is 1.21 bits per heavy atom. The number of carbonyl (C=O) groups is 1. The number of fused-ring (bicyclic) bond motifs is 1. The molecule has 0 bridgehead atoms. The number of aromatic nitrogens is 1. The topological polar surface area (TPSA) is 99.4 Å². The van der Waals surface area contributed by atoms with Crippen molar-refractivity contribution in [2.75, 3.05) is 41.0 Å². The first kappa shape index (κ1) is 24.9. The lowest BCUT2D eigenvalue weighted by atomic mass is 9.99. The lowest BCUT2D eigenvalue weighted by Gasteiger charge is -2.29. The zero-order valence-electron chi connectivity index (χ0n) is 19.2. The molecule has 1 aliphatic heterocycles. The highest BCUT2D eigenvalue weighted by atomic mass is 32.2. The van der Waals surface area contributed by atoms with Crippen LogP contribution in [0.15, 0.2) is 38.8 Å². The summed E-state index contributed by atoms with van der Waals surface area (Å²) in [6, 6.07) is 7.03. The van der Waals surface area contributed by atoms with Crippen LogP contribution in [-0.2, 0) is 26.1 Å². The summed E-state index contributed by atoms with van der Waals surface area (Å²) in [6.45, 7) is 1.48. The number of ether oxygens (including phenoxy) is 3. The third-order valence-corrected chi connectivity index (χ3v) is 10.0. The molecular weight excluding hydrogens is 498 g/mol. The van der Waals surface area contributed by atoms with E-state index in [1.54, 1.807) is 38.8 Å². The number of thiophene rings is 1. The van der Waals surface area contributed by atoms with Crippen molar-refractivity contribution in [2.45, 2.75) is 23.6 Å². The molecule has 0 N–H and O–H groups in total. The van der Waals surface area contributed by atoms with E-state index < -0.39 is 15.9 Å². The maximum Gasteiger partial charge on any atom is 0.252 e. The van der Waals surface area contributed by atoms with Crippen LogP contribution in [0.5, 0.6) is 11.5 Å². The number of nitrogens with zero attached hydrogens (tertiary/aromatic N) is 3. The fourth-order valence-electron chi connectivity index (χ4n) is 3.97. The van der Waals surface area contributed by atoms with Crippen molar-refractivity contribution in [3.8, 4) is 11.5 Å². The van der Waals surface area contributed by atoms with E-state index in [0.717, 1.165) is 10.2 Å². The lowest BCUT2D eigenvalue weighted by molar-refractivity contribution is -0.122. The van der Waals surface area contributed by atoms with Crippen molar-refractivity contribution < 1.29 is 27.4 Å². The van der Waals surface area contributed by atoms with Crippen LogP contribution >= 0.6 is 22.7 Å². The van der Waals surface area contributed by atoms with Gasteiger partial charge in [0, 0.05) is 38.9 Å². The van der Waals surface area contributed by atoms with Crippen LogP contribution in [0.4, 0.5) is 0 Å². The Kier molecular flexibility index (Phi) is 7.73. The maximum atomic E-state index is 13.2. The monoisotopic (exact) mass is 525 g/mol. The van der Waals surface area contributed by atoms with Gasteiger partial charge in [-0.3, -0.25) is 4.79 Å². The number of amides is 1. The van der Waals surface area contributed by atoms with Gasteiger partial charge in [0.2, 0.25) is 0 Å². The lowest BCUT2D eigenvalue weighted by Crippen LogP contribution is -2.42. The van der Waals surface area contributed by atoms with Crippen molar-refractivity contribution in [1.29, 1.82) is 0 Å². The van der Waals surface area contributed by atoms with Gasteiger partial charge in [0.25, 0.3) is 15.9 Å². The summed E-state index contributed by atoms with van der Waals surface area (Å²) in [5.74, 6) is 0.365. The van der Waals surface area contributed by atoms with Crippen molar-refractivity contribution >= 4 is 48.8 Å². The second kappa shape index (κ2) is 10.6. The van der Waals surface area contributed by atoms with Gasteiger partial charge in [-0.05, 0) is 24.3 Å². The molecule has 3 aromatic rings. The Bertz CT molecular complexity index is 1330. The summed E-state index contributed by atoms with van der Waals surface area (Å²) in [5.41, 5.74) is 0.858.